The first-order valence-electron chi connectivity index (χ1n) is 13.0. The number of halogens is 1. The summed E-state index contributed by atoms with van der Waals surface area (Å²) in [6, 6.07) is 25.8. The van der Waals surface area contributed by atoms with E-state index in [1.165, 1.54) is 17.1 Å². The summed E-state index contributed by atoms with van der Waals surface area (Å²) in [7, 11) is 1.63. The van der Waals surface area contributed by atoms with Gasteiger partial charge in [0.1, 0.15) is 12.4 Å². The lowest BCUT2D eigenvalue weighted by molar-refractivity contribution is -0.122. The Hall–Kier alpha value is -3.75. The average molecular weight is 618 g/mol. The van der Waals surface area contributed by atoms with E-state index in [0.717, 1.165) is 32.4 Å². The third-order valence-electron chi connectivity index (χ3n) is 6.38. The number of fused-ring (bicyclic) bond motifs is 1. The van der Waals surface area contributed by atoms with Gasteiger partial charge < -0.3 is 14.2 Å². The number of ether oxygens (including phenoxy) is 3. The molecule has 4 aromatic carbocycles. The molecular weight excluding hydrogens is 588 g/mol. The molecule has 40 heavy (non-hydrogen) atoms. The third kappa shape index (κ3) is 6.03. The maximum absolute atomic E-state index is 13.2. The normalized spacial score (nSPS) is 15.3. The van der Waals surface area contributed by atoms with Gasteiger partial charge in [-0.1, -0.05) is 42.5 Å². The number of likely N-dealkylation sites (N-methyl/N-ethyl adjacent to an activating group) is 1. The predicted molar refractivity (Wildman–Crippen MR) is 167 cm³/mol. The van der Waals surface area contributed by atoms with E-state index in [4.69, 9.17) is 19.2 Å². The van der Waals surface area contributed by atoms with E-state index in [1.807, 2.05) is 74.5 Å². The van der Waals surface area contributed by atoms with Crippen molar-refractivity contribution in [3.63, 3.8) is 0 Å². The minimum absolute atomic E-state index is 0.0786. The molecule has 1 aliphatic rings. The second kappa shape index (κ2) is 12.6. The van der Waals surface area contributed by atoms with E-state index in [9.17, 15) is 4.79 Å². The minimum Gasteiger partial charge on any atom is -0.497 e. The van der Waals surface area contributed by atoms with E-state index in [1.54, 1.807) is 12.0 Å². The quantitative estimate of drug-likeness (QED) is 0.177. The number of rotatable bonds is 9. The van der Waals surface area contributed by atoms with Crippen LogP contribution in [-0.2, 0) is 11.4 Å². The highest BCUT2D eigenvalue weighted by atomic mass is 79.9. The highest BCUT2D eigenvalue weighted by Crippen LogP contribution is 2.40. The first-order chi connectivity index (χ1) is 19.5. The number of nitrogens with zero attached hydrogens (tertiary/aromatic N) is 2. The van der Waals surface area contributed by atoms with Gasteiger partial charge in [-0.15, -0.1) is 0 Å². The second-order valence-electron chi connectivity index (χ2n) is 8.94. The topological polar surface area (TPSA) is 60.4 Å². The van der Waals surface area contributed by atoms with Crippen molar-refractivity contribution in [2.75, 3.05) is 20.3 Å². The molecule has 0 aromatic heterocycles. The first kappa shape index (κ1) is 27.8. The van der Waals surface area contributed by atoms with Crippen molar-refractivity contribution >= 4 is 61.3 Å². The minimum atomic E-state index is -0.0786. The number of amides is 1. The number of hydrogen-bond donors (Lipinski definition) is 0. The van der Waals surface area contributed by atoms with Crippen molar-refractivity contribution < 1.29 is 19.0 Å². The zero-order chi connectivity index (χ0) is 28.1. The summed E-state index contributed by atoms with van der Waals surface area (Å²) >= 11 is 5.04. The van der Waals surface area contributed by atoms with Crippen LogP contribution >= 0.6 is 27.7 Å². The highest BCUT2D eigenvalue weighted by Gasteiger charge is 2.32. The van der Waals surface area contributed by atoms with Gasteiger partial charge in [-0.25, -0.2) is 4.99 Å². The SMILES string of the molecule is CCOc1cc(/C=C2/SC(=Nc3ccc(OC)cc3)N(CC)C2=O)cc(Br)c1OCc1cccc2ccccc12. The summed E-state index contributed by atoms with van der Waals surface area (Å²) in [6.45, 7) is 5.27. The van der Waals surface area contributed by atoms with E-state index >= 15 is 0 Å². The van der Waals surface area contributed by atoms with Crippen LogP contribution in [0.15, 0.2) is 93.2 Å². The lowest BCUT2D eigenvalue weighted by atomic mass is 10.1. The van der Waals surface area contributed by atoms with E-state index in [-0.39, 0.29) is 5.91 Å². The van der Waals surface area contributed by atoms with Crippen molar-refractivity contribution in [1.29, 1.82) is 0 Å². The van der Waals surface area contributed by atoms with Crippen LogP contribution in [-0.4, -0.2) is 36.2 Å². The lowest BCUT2D eigenvalue weighted by Crippen LogP contribution is -2.28. The molecule has 6 nitrogen and oxygen atoms in total. The highest BCUT2D eigenvalue weighted by molar-refractivity contribution is 9.10. The largest absolute Gasteiger partial charge is 0.497 e. The Morgan fingerprint density at radius 2 is 1.75 bits per heavy atom. The van der Waals surface area contributed by atoms with Crippen LogP contribution in [0.1, 0.15) is 25.0 Å². The summed E-state index contributed by atoms with van der Waals surface area (Å²) in [5.41, 5.74) is 2.67. The number of thioether (sulfide) groups is 1. The van der Waals surface area contributed by atoms with E-state index in [0.29, 0.717) is 41.3 Å². The molecule has 0 N–H and O–H groups in total. The standard InChI is InChI=1S/C32H29BrN2O4S/c1-4-35-31(36)29(40-32(35)34-24-13-15-25(37-3)16-14-24)19-21-17-27(33)30(28(18-21)38-5-2)39-20-23-11-8-10-22-9-6-7-12-26(22)23/h6-19H,4-5,20H2,1-3H3/b29-19+,34-32?. The molecule has 0 unspecified atom stereocenters. The summed E-state index contributed by atoms with van der Waals surface area (Å²) in [5.74, 6) is 1.91. The molecule has 0 aliphatic carbocycles. The molecule has 0 radical (unpaired) electrons. The molecule has 1 heterocycles. The number of benzene rings is 4. The predicted octanol–water partition coefficient (Wildman–Crippen LogP) is 8.21. The molecule has 204 valence electrons. The van der Waals surface area contributed by atoms with Gasteiger partial charge in [0.2, 0.25) is 0 Å². The summed E-state index contributed by atoms with van der Waals surface area (Å²) in [4.78, 5) is 20.2. The van der Waals surface area contributed by atoms with Crippen molar-refractivity contribution in [2.24, 2.45) is 4.99 Å². The number of aliphatic imine (C=N–C) groups is 1. The maximum atomic E-state index is 13.2. The Kier molecular flexibility index (Phi) is 8.77. The average Bonchev–Trinajstić information content (AvgIpc) is 3.26. The summed E-state index contributed by atoms with van der Waals surface area (Å²) in [6.07, 6.45) is 1.87. The molecule has 0 atom stereocenters. The maximum Gasteiger partial charge on any atom is 0.266 e. The Balaban J connectivity index is 1.41. The van der Waals surface area contributed by atoms with E-state index in [2.05, 4.69) is 40.2 Å². The molecule has 1 saturated heterocycles. The van der Waals surface area contributed by atoms with Crippen LogP contribution in [0.3, 0.4) is 0 Å². The number of carbonyl (C=O) groups excluding carboxylic acids is 1. The molecule has 1 fully saturated rings. The van der Waals surface area contributed by atoms with Gasteiger partial charge in [0.15, 0.2) is 16.7 Å². The molecular formula is C32H29BrN2O4S. The van der Waals surface area contributed by atoms with Crippen LogP contribution in [0.4, 0.5) is 5.69 Å². The van der Waals surface area contributed by atoms with Gasteiger partial charge in [0.05, 0.1) is 28.8 Å². The lowest BCUT2D eigenvalue weighted by Gasteiger charge is -2.16. The van der Waals surface area contributed by atoms with Crippen molar-refractivity contribution in [2.45, 2.75) is 20.5 Å². The van der Waals surface area contributed by atoms with E-state index < -0.39 is 0 Å². The van der Waals surface area contributed by atoms with Crippen molar-refractivity contribution in [1.82, 2.24) is 4.90 Å². The monoisotopic (exact) mass is 616 g/mol. The molecule has 0 spiro atoms. The second-order valence-corrected chi connectivity index (χ2v) is 10.8. The Morgan fingerprint density at radius 1 is 0.975 bits per heavy atom. The van der Waals surface area contributed by atoms with Crippen molar-refractivity contribution in [3.05, 3.63) is 99.4 Å². The summed E-state index contributed by atoms with van der Waals surface area (Å²) < 4.78 is 18.2. The number of hydrogen-bond acceptors (Lipinski definition) is 6. The Labute approximate surface area is 246 Å². The molecule has 0 bridgehead atoms. The molecule has 5 rings (SSSR count). The smallest absolute Gasteiger partial charge is 0.266 e. The van der Waals surface area contributed by atoms with Crippen LogP contribution in [0.2, 0.25) is 0 Å². The van der Waals surface area contributed by atoms with Crippen LogP contribution in [0.25, 0.3) is 16.8 Å². The Bertz CT molecular complexity index is 1600. The molecule has 1 aliphatic heterocycles. The number of methoxy groups -OCH3 is 1. The van der Waals surface area contributed by atoms with Gasteiger partial charge in [-0.05, 0) is 106 Å². The fourth-order valence-electron chi connectivity index (χ4n) is 4.43. The fraction of sp³-hybridized carbons (Fsp3) is 0.188. The van der Waals surface area contributed by atoms with Gasteiger partial charge in [-0.3, -0.25) is 9.69 Å². The third-order valence-corrected chi connectivity index (χ3v) is 7.98. The number of carbonyl (C=O) groups is 1. The molecule has 0 saturated carbocycles. The Morgan fingerprint density at radius 3 is 2.50 bits per heavy atom. The molecule has 8 heteroatoms. The summed E-state index contributed by atoms with van der Waals surface area (Å²) in [5, 5.41) is 2.97. The van der Waals surface area contributed by atoms with Gasteiger partial charge in [-0.2, -0.15) is 0 Å². The van der Waals surface area contributed by atoms with Gasteiger partial charge in [0, 0.05) is 6.54 Å². The molecule has 4 aromatic rings. The van der Waals surface area contributed by atoms with Crippen LogP contribution in [0, 0.1) is 0 Å². The molecule has 1 amide bonds. The van der Waals surface area contributed by atoms with Crippen LogP contribution < -0.4 is 14.2 Å². The first-order valence-corrected chi connectivity index (χ1v) is 14.6. The fourth-order valence-corrected chi connectivity index (χ4v) is 6.07. The number of amidine groups is 1. The van der Waals surface area contributed by atoms with Gasteiger partial charge in [0.25, 0.3) is 5.91 Å². The zero-order valence-corrected chi connectivity index (χ0v) is 24.9. The van der Waals surface area contributed by atoms with Crippen LogP contribution in [0.5, 0.6) is 17.2 Å². The zero-order valence-electron chi connectivity index (χ0n) is 22.5. The van der Waals surface area contributed by atoms with Gasteiger partial charge >= 0.3 is 0 Å². The van der Waals surface area contributed by atoms with Crippen molar-refractivity contribution in [3.8, 4) is 17.2 Å².